The van der Waals surface area contributed by atoms with Crippen LogP contribution in [0.3, 0.4) is 0 Å². The third-order valence-electron chi connectivity index (χ3n) is 7.06. The molecule has 0 amide bonds. The molecule has 6 rings (SSSR count). The maximum Gasteiger partial charge on any atom is 0.271 e. The molecular formula is C27H26ClN3OS. The van der Waals surface area contributed by atoms with Gasteiger partial charge in [-0.15, -0.1) is 11.3 Å². The SMILES string of the molecule is O=c1c2sc(-c3ccc(Cl)cc3)cc2ncn1C1CCc2cc(CN3CCCC3)ccc2C1. The summed E-state index contributed by atoms with van der Waals surface area (Å²) in [4.78, 5) is 21.6. The van der Waals surface area contributed by atoms with Crippen LogP contribution in [0.1, 0.15) is 42.0 Å². The van der Waals surface area contributed by atoms with Crippen LogP contribution in [0.15, 0.2) is 59.7 Å². The number of aryl methyl sites for hydroxylation is 1. The van der Waals surface area contributed by atoms with E-state index in [1.807, 2.05) is 34.9 Å². The van der Waals surface area contributed by atoms with E-state index in [-0.39, 0.29) is 11.6 Å². The van der Waals surface area contributed by atoms with E-state index in [0.717, 1.165) is 46.5 Å². The summed E-state index contributed by atoms with van der Waals surface area (Å²) in [5.41, 5.74) is 6.15. The molecule has 0 spiro atoms. The molecule has 1 saturated heterocycles. The van der Waals surface area contributed by atoms with Crippen molar-refractivity contribution >= 4 is 33.2 Å². The molecular weight excluding hydrogens is 450 g/mol. The Hall–Kier alpha value is -2.47. The highest BCUT2D eigenvalue weighted by Gasteiger charge is 2.23. The van der Waals surface area contributed by atoms with Crippen molar-refractivity contribution in [3.63, 3.8) is 0 Å². The van der Waals surface area contributed by atoms with Crippen molar-refractivity contribution in [1.29, 1.82) is 0 Å². The number of hydrogen-bond donors (Lipinski definition) is 0. The minimum absolute atomic E-state index is 0.0734. The Morgan fingerprint density at radius 2 is 1.85 bits per heavy atom. The van der Waals surface area contributed by atoms with Crippen molar-refractivity contribution in [3.8, 4) is 10.4 Å². The summed E-state index contributed by atoms with van der Waals surface area (Å²) in [6, 6.07) is 16.9. The molecule has 1 atom stereocenters. The lowest BCUT2D eigenvalue weighted by atomic mass is 9.87. The van der Waals surface area contributed by atoms with E-state index in [1.54, 1.807) is 6.33 Å². The highest BCUT2D eigenvalue weighted by Crippen LogP contribution is 2.33. The highest BCUT2D eigenvalue weighted by atomic mass is 35.5. The predicted octanol–water partition coefficient (Wildman–Crippen LogP) is 6.10. The van der Waals surface area contributed by atoms with Crippen LogP contribution in [-0.2, 0) is 19.4 Å². The number of benzene rings is 2. The fourth-order valence-corrected chi connectivity index (χ4v) is 6.44. The molecule has 33 heavy (non-hydrogen) atoms. The van der Waals surface area contributed by atoms with E-state index in [4.69, 9.17) is 11.6 Å². The van der Waals surface area contributed by atoms with Gasteiger partial charge >= 0.3 is 0 Å². The molecule has 0 N–H and O–H groups in total. The molecule has 2 aliphatic rings. The van der Waals surface area contributed by atoms with Crippen LogP contribution in [0.4, 0.5) is 0 Å². The second-order valence-electron chi connectivity index (χ2n) is 9.27. The minimum atomic E-state index is 0.0734. The standard InChI is InChI=1S/C27H26ClN3OS/c28-22-8-5-19(6-9-22)25-15-24-26(33-25)27(32)31(17-29-24)23-10-7-20-13-18(3-4-21(20)14-23)16-30-11-1-2-12-30/h3-6,8-9,13,15,17,23H,1-2,7,10-12,14,16H2. The first kappa shape index (κ1) is 21.1. The Kier molecular flexibility index (Phi) is 5.57. The summed E-state index contributed by atoms with van der Waals surface area (Å²) in [5, 5.41) is 0.709. The number of nitrogens with zero attached hydrogens (tertiary/aromatic N) is 3. The van der Waals surface area contributed by atoms with Crippen LogP contribution >= 0.6 is 22.9 Å². The van der Waals surface area contributed by atoms with Crippen LogP contribution < -0.4 is 5.56 Å². The number of rotatable bonds is 4. The van der Waals surface area contributed by atoms with Crippen molar-refractivity contribution in [1.82, 2.24) is 14.5 Å². The first-order valence-electron chi connectivity index (χ1n) is 11.7. The number of hydrogen-bond acceptors (Lipinski definition) is 4. The summed E-state index contributed by atoms with van der Waals surface area (Å²) in [5.74, 6) is 0. The molecule has 0 saturated carbocycles. The Morgan fingerprint density at radius 1 is 1.03 bits per heavy atom. The number of aromatic nitrogens is 2. The molecule has 2 aromatic heterocycles. The van der Waals surface area contributed by atoms with Gasteiger partial charge in [0.05, 0.1) is 11.8 Å². The molecule has 2 aromatic carbocycles. The van der Waals surface area contributed by atoms with Crippen LogP contribution in [0.5, 0.6) is 0 Å². The number of likely N-dealkylation sites (tertiary alicyclic amines) is 1. The van der Waals surface area contributed by atoms with Crippen molar-refractivity contribution in [2.45, 2.75) is 44.7 Å². The Morgan fingerprint density at radius 3 is 2.67 bits per heavy atom. The Balaban J connectivity index is 1.26. The van der Waals surface area contributed by atoms with Gasteiger partial charge in [0.25, 0.3) is 5.56 Å². The van der Waals surface area contributed by atoms with Gasteiger partial charge < -0.3 is 0 Å². The van der Waals surface area contributed by atoms with E-state index in [2.05, 4.69) is 28.1 Å². The number of fused-ring (bicyclic) bond motifs is 2. The van der Waals surface area contributed by atoms with Crippen LogP contribution in [0, 0.1) is 0 Å². The van der Waals surface area contributed by atoms with Crippen LogP contribution in [0.2, 0.25) is 5.02 Å². The van der Waals surface area contributed by atoms with E-state index in [1.165, 1.54) is 54.0 Å². The normalized spacial score (nSPS) is 18.6. The van der Waals surface area contributed by atoms with Gasteiger partial charge in [0, 0.05) is 22.5 Å². The summed E-state index contributed by atoms with van der Waals surface area (Å²) >= 11 is 7.55. The van der Waals surface area contributed by atoms with E-state index in [0.29, 0.717) is 5.02 Å². The molecule has 0 bridgehead atoms. The molecule has 6 heteroatoms. The third-order valence-corrected chi connectivity index (χ3v) is 8.48. The number of halogens is 1. The molecule has 4 aromatic rings. The fraction of sp³-hybridized carbons (Fsp3) is 0.333. The zero-order chi connectivity index (χ0) is 22.4. The van der Waals surface area contributed by atoms with Gasteiger partial charge in [-0.2, -0.15) is 0 Å². The smallest absolute Gasteiger partial charge is 0.271 e. The lowest BCUT2D eigenvalue weighted by molar-refractivity contribution is 0.331. The van der Waals surface area contributed by atoms with Gasteiger partial charge in [0.2, 0.25) is 0 Å². The Labute approximate surface area is 202 Å². The van der Waals surface area contributed by atoms with E-state index >= 15 is 0 Å². The quantitative estimate of drug-likeness (QED) is 0.357. The average Bonchev–Trinajstić information content (AvgIpc) is 3.50. The first-order valence-corrected chi connectivity index (χ1v) is 12.9. The van der Waals surface area contributed by atoms with Crippen LogP contribution in [0.25, 0.3) is 20.7 Å². The maximum absolute atomic E-state index is 13.4. The van der Waals surface area contributed by atoms with Crippen molar-refractivity contribution in [2.75, 3.05) is 13.1 Å². The van der Waals surface area contributed by atoms with Crippen LogP contribution in [-0.4, -0.2) is 27.5 Å². The van der Waals surface area contributed by atoms with Gasteiger partial charge in [-0.3, -0.25) is 14.3 Å². The maximum atomic E-state index is 13.4. The third kappa shape index (κ3) is 4.14. The molecule has 168 valence electrons. The monoisotopic (exact) mass is 475 g/mol. The topological polar surface area (TPSA) is 38.1 Å². The predicted molar refractivity (Wildman–Crippen MR) is 136 cm³/mol. The van der Waals surface area contributed by atoms with Crippen molar-refractivity contribution < 1.29 is 0 Å². The van der Waals surface area contributed by atoms with Crippen molar-refractivity contribution in [3.05, 3.63) is 86.9 Å². The van der Waals surface area contributed by atoms with Gasteiger partial charge in [0.15, 0.2) is 0 Å². The summed E-state index contributed by atoms with van der Waals surface area (Å²) in [6.45, 7) is 3.51. The second kappa shape index (κ2) is 8.71. The summed E-state index contributed by atoms with van der Waals surface area (Å²) < 4.78 is 2.60. The second-order valence-corrected chi connectivity index (χ2v) is 10.8. The molecule has 1 aliphatic heterocycles. The van der Waals surface area contributed by atoms with Gasteiger partial charge in [-0.1, -0.05) is 41.9 Å². The zero-order valence-corrected chi connectivity index (χ0v) is 20.0. The fourth-order valence-electron chi connectivity index (χ4n) is 5.27. The Bertz CT molecular complexity index is 1370. The van der Waals surface area contributed by atoms with Gasteiger partial charge in [-0.25, -0.2) is 4.98 Å². The number of thiophene rings is 1. The summed E-state index contributed by atoms with van der Waals surface area (Å²) in [6.07, 6.45) is 7.28. The molecule has 4 nitrogen and oxygen atoms in total. The zero-order valence-electron chi connectivity index (χ0n) is 18.5. The molecule has 3 heterocycles. The minimum Gasteiger partial charge on any atom is -0.299 e. The van der Waals surface area contributed by atoms with Crippen molar-refractivity contribution in [2.24, 2.45) is 0 Å². The van der Waals surface area contributed by atoms with Gasteiger partial charge in [-0.05, 0) is 85.6 Å². The molecule has 1 fully saturated rings. The lowest BCUT2D eigenvalue weighted by Gasteiger charge is -2.27. The molecule has 1 unspecified atom stereocenters. The highest BCUT2D eigenvalue weighted by molar-refractivity contribution is 7.22. The van der Waals surface area contributed by atoms with Gasteiger partial charge in [0.1, 0.15) is 4.70 Å². The van der Waals surface area contributed by atoms with E-state index in [9.17, 15) is 4.79 Å². The molecule has 1 aliphatic carbocycles. The lowest BCUT2D eigenvalue weighted by Crippen LogP contribution is -2.28. The average molecular weight is 476 g/mol. The van der Waals surface area contributed by atoms with E-state index < -0.39 is 0 Å². The summed E-state index contributed by atoms with van der Waals surface area (Å²) in [7, 11) is 0. The molecule has 0 radical (unpaired) electrons. The largest absolute Gasteiger partial charge is 0.299 e. The first-order chi connectivity index (χ1) is 16.1.